The average Bonchev–Trinajstić information content (AvgIpc) is 2.25. The maximum Gasteiger partial charge on any atom is 0.265 e. The smallest absolute Gasteiger partial charge is 0.265 e. The van der Waals surface area contributed by atoms with E-state index in [9.17, 15) is 13.2 Å². The molecule has 1 amide bonds. The largest absolute Gasteiger partial charge is 0.482 e. The predicted molar refractivity (Wildman–Crippen MR) is 68.5 cm³/mol. The SMILES string of the molecule is CNC(=O)COc1c(C)cc(C)cc1S(=O)(=O)Cl. The van der Waals surface area contributed by atoms with Gasteiger partial charge in [-0.3, -0.25) is 4.79 Å². The summed E-state index contributed by atoms with van der Waals surface area (Å²) >= 11 is 0. The fourth-order valence-corrected chi connectivity index (χ4v) is 2.60. The Labute approximate surface area is 111 Å². The Bertz CT molecular complexity index is 569. The van der Waals surface area contributed by atoms with Crippen molar-refractivity contribution in [3.05, 3.63) is 23.3 Å². The molecule has 0 saturated heterocycles. The van der Waals surface area contributed by atoms with Crippen molar-refractivity contribution in [2.45, 2.75) is 18.7 Å². The quantitative estimate of drug-likeness (QED) is 0.850. The van der Waals surface area contributed by atoms with Crippen LogP contribution in [0.1, 0.15) is 11.1 Å². The van der Waals surface area contributed by atoms with Crippen LogP contribution < -0.4 is 10.1 Å². The van der Waals surface area contributed by atoms with Crippen LogP contribution in [0, 0.1) is 13.8 Å². The van der Waals surface area contributed by atoms with Crippen LogP contribution in [-0.4, -0.2) is 28.0 Å². The van der Waals surface area contributed by atoms with Crippen molar-refractivity contribution in [1.29, 1.82) is 0 Å². The highest BCUT2D eigenvalue weighted by Crippen LogP contribution is 2.31. The molecule has 0 bridgehead atoms. The molecule has 7 heteroatoms. The van der Waals surface area contributed by atoms with Crippen LogP contribution in [0.5, 0.6) is 5.75 Å². The molecular formula is C11H14ClNO4S. The van der Waals surface area contributed by atoms with Gasteiger partial charge in [-0.25, -0.2) is 8.42 Å². The molecule has 18 heavy (non-hydrogen) atoms. The highest BCUT2D eigenvalue weighted by Gasteiger charge is 2.20. The second kappa shape index (κ2) is 5.58. The van der Waals surface area contributed by atoms with Crippen molar-refractivity contribution in [3.8, 4) is 5.75 Å². The zero-order valence-electron chi connectivity index (χ0n) is 10.3. The predicted octanol–water partition coefficient (Wildman–Crippen LogP) is 1.36. The molecule has 1 N–H and O–H groups in total. The van der Waals surface area contributed by atoms with Crippen molar-refractivity contribution in [2.75, 3.05) is 13.7 Å². The van der Waals surface area contributed by atoms with Crippen molar-refractivity contribution in [1.82, 2.24) is 5.32 Å². The zero-order valence-corrected chi connectivity index (χ0v) is 11.9. The minimum Gasteiger partial charge on any atom is -0.482 e. The molecule has 1 rings (SSSR count). The summed E-state index contributed by atoms with van der Waals surface area (Å²) in [6.45, 7) is 3.18. The van der Waals surface area contributed by atoms with E-state index in [0.29, 0.717) is 5.56 Å². The number of aryl methyl sites for hydroxylation is 2. The van der Waals surface area contributed by atoms with Crippen LogP contribution in [0.4, 0.5) is 0 Å². The third-order valence-corrected chi connectivity index (χ3v) is 3.60. The summed E-state index contributed by atoms with van der Waals surface area (Å²) in [4.78, 5) is 11.0. The van der Waals surface area contributed by atoms with E-state index in [1.54, 1.807) is 19.9 Å². The Balaban J connectivity index is 3.21. The maximum absolute atomic E-state index is 11.5. The van der Waals surface area contributed by atoms with E-state index in [-0.39, 0.29) is 23.2 Å². The topological polar surface area (TPSA) is 72.5 Å². The first-order valence-electron chi connectivity index (χ1n) is 5.15. The second-order valence-corrected chi connectivity index (χ2v) is 6.34. The molecular weight excluding hydrogens is 278 g/mol. The van der Waals surface area contributed by atoms with Crippen molar-refractivity contribution < 1.29 is 17.9 Å². The lowest BCUT2D eigenvalue weighted by molar-refractivity contribution is -0.122. The molecule has 0 spiro atoms. The molecule has 0 saturated carbocycles. The first-order chi connectivity index (χ1) is 8.25. The normalized spacial score (nSPS) is 11.1. The Morgan fingerprint density at radius 2 is 2.00 bits per heavy atom. The van der Waals surface area contributed by atoms with E-state index in [2.05, 4.69) is 5.32 Å². The van der Waals surface area contributed by atoms with Gasteiger partial charge in [-0.15, -0.1) is 0 Å². The first kappa shape index (κ1) is 14.8. The van der Waals surface area contributed by atoms with E-state index in [1.807, 2.05) is 0 Å². The average molecular weight is 292 g/mol. The minimum absolute atomic E-state index is 0.110. The summed E-state index contributed by atoms with van der Waals surface area (Å²) in [5, 5.41) is 2.38. The van der Waals surface area contributed by atoms with E-state index in [0.717, 1.165) is 5.56 Å². The summed E-state index contributed by atoms with van der Waals surface area (Å²) in [6, 6.07) is 3.17. The number of benzene rings is 1. The van der Waals surface area contributed by atoms with Crippen LogP contribution in [0.2, 0.25) is 0 Å². The molecule has 0 fully saturated rings. The van der Waals surface area contributed by atoms with Gasteiger partial charge in [0.25, 0.3) is 15.0 Å². The highest BCUT2D eigenvalue weighted by atomic mass is 35.7. The lowest BCUT2D eigenvalue weighted by atomic mass is 10.1. The second-order valence-electron chi connectivity index (χ2n) is 3.81. The molecule has 0 heterocycles. The lowest BCUT2D eigenvalue weighted by Crippen LogP contribution is -2.25. The zero-order chi connectivity index (χ0) is 13.9. The summed E-state index contributed by atoms with van der Waals surface area (Å²) in [7, 11) is 2.90. The fourth-order valence-electron chi connectivity index (χ4n) is 1.49. The molecule has 0 aliphatic carbocycles. The molecule has 1 aromatic rings. The van der Waals surface area contributed by atoms with Crippen LogP contribution in [0.15, 0.2) is 17.0 Å². The molecule has 0 aromatic heterocycles. The number of likely N-dealkylation sites (N-methyl/N-ethyl adjacent to an activating group) is 1. The van der Waals surface area contributed by atoms with Crippen LogP contribution in [0.3, 0.4) is 0 Å². The summed E-state index contributed by atoms with van der Waals surface area (Å²) in [5.74, 6) is -0.243. The monoisotopic (exact) mass is 291 g/mol. The van der Waals surface area contributed by atoms with Crippen LogP contribution in [-0.2, 0) is 13.8 Å². The highest BCUT2D eigenvalue weighted by molar-refractivity contribution is 8.13. The Morgan fingerprint density at radius 3 is 2.50 bits per heavy atom. The molecule has 0 aliphatic heterocycles. The van der Waals surface area contributed by atoms with Gasteiger partial charge < -0.3 is 10.1 Å². The number of carbonyl (C=O) groups is 1. The molecule has 0 atom stereocenters. The van der Waals surface area contributed by atoms with E-state index < -0.39 is 9.05 Å². The van der Waals surface area contributed by atoms with Crippen LogP contribution >= 0.6 is 10.7 Å². The minimum atomic E-state index is -3.92. The molecule has 5 nitrogen and oxygen atoms in total. The number of carbonyl (C=O) groups excluding carboxylic acids is 1. The molecule has 1 aromatic carbocycles. The Morgan fingerprint density at radius 1 is 1.39 bits per heavy atom. The van der Waals surface area contributed by atoms with Crippen molar-refractivity contribution >= 4 is 25.6 Å². The van der Waals surface area contributed by atoms with Gasteiger partial charge in [0.05, 0.1) is 0 Å². The van der Waals surface area contributed by atoms with Gasteiger partial charge in [0.2, 0.25) is 0 Å². The third-order valence-electron chi connectivity index (χ3n) is 2.27. The fraction of sp³-hybridized carbons (Fsp3) is 0.364. The number of hydrogen-bond acceptors (Lipinski definition) is 4. The van der Waals surface area contributed by atoms with Gasteiger partial charge >= 0.3 is 0 Å². The van der Waals surface area contributed by atoms with Crippen molar-refractivity contribution in [3.63, 3.8) is 0 Å². The summed E-state index contributed by atoms with van der Waals surface area (Å²) in [6.07, 6.45) is 0. The van der Waals surface area contributed by atoms with E-state index in [4.69, 9.17) is 15.4 Å². The number of ether oxygens (including phenoxy) is 1. The lowest BCUT2D eigenvalue weighted by Gasteiger charge is -2.12. The van der Waals surface area contributed by atoms with Gasteiger partial charge in [0.15, 0.2) is 6.61 Å². The number of nitrogens with one attached hydrogen (secondary N) is 1. The van der Waals surface area contributed by atoms with Gasteiger partial charge in [0, 0.05) is 17.7 Å². The first-order valence-corrected chi connectivity index (χ1v) is 7.46. The molecule has 0 unspecified atom stereocenters. The van der Waals surface area contributed by atoms with Gasteiger partial charge in [-0.1, -0.05) is 6.07 Å². The number of amides is 1. The van der Waals surface area contributed by atoms with Gasteiger partial charge in [-0.05, 0) is 31.0 Å². The Kier molecular flexibility index (Phi) is 4.59. The maximum atomic E-state index is 11.5. The number of halogens is 1. The summed E-state index contributed by atoms with van der Waals surface area (Å²) in [5.41, 5.74) is 1.36. The standard InChI is InChI=1S/C11H14ClNO4S/c1-7-4-8(2)11(17-6-10(14)13-3)9(5-7)18(12,15)16/h4-5H,6H2,1-3H3,(H,13,14). The van der Waals surface area contributed by atoms with E-state index >= 15 is 0 Å². The molecule has 100 valence electrons. The van der Waals surface area contributed by atoms with Crippen LogP contribution in [0.25, 0.3) is 0 Å². The molecule has 0 radical (unpaired) electrons. The third kappa shape index (κ3) is 3.61. The number of hydrogen-bond donors (Lipinski definition) is 1. The summed E-state index contributed by atoms with van der Waals surface area (Å²) < 4.78 is 28.1. The molecule has 0 aliphatic rings. The Hall–Kier alpha value is -1.27. The number of rotatable bonds is 4. The van der Waals surface area contributed by atoms with Gasteiger partial charge in [-0.2, -0.15) is 0 Å². The van der Waals surface area contributed by atoms with Crippen molar-refractivity contribution in [2.24, 2.45) is 0 Å². The van der Waals surface area contributed by atoms with E-state index in [1.165, 1.54) is 13.1 Å². The van der Waals surface area contributed by atoms with Gasteiger partial charge in [0.1, 0.15) is 10.6 Å².